The zero-order valence-electron chi connectivity index (χ0n) is 4.55. The number of carbonyl (C=O) groups is 1. The van der Waals surface area contributed by atoms with Gasteiger partial charge in [-0.3, -0.25) is 0 Å². The largest absolute Gasteiger partial charge is 0.402 e. The molecule has 1 rings (SSSR count). The van der Waals surface area contributed by atoms with Crippen LogP contribution in [0.1, 0.15) is 0 Å². The molecule has 0 fully saturated rings. The van der Waals surface area contributed by atoms with E-state index in [-0.39, 0.29) is 11.5 Å². The summed E-state index contributed by atoms with van der Waals surface area (Å²) in [5.41, 5.74) is 5.40. The second kappa shape index (κ2) is 2.11. The van der Waals surface area contributed by atoms with Gasteiger partial charge >= 0.3 is 0 Å². The van der Waals surface area contributed by atoms with E-state index in [0.717, 1.165) is 0 Å². The van der Waals surface area contributed by atoms with E-state index in [9.17, 15) is 4.79 Å². The standard InChI is InChI=1S/C5H4N2OS/c1-7-4-3(8)2-9-5(4)6/h2,6H2. The fourth-order valence-corrected chi connectivity index (χ4v) is 1.25. The lowest BCUT2D eigenvalue weighted by molar-refractivity contribution is -0.112. The van der Waals surface area contributed by atoms with Gasteiger partial charge in [0.2, 0.25) is 0 Å². The molecule has 1 heterocycles. The molecule has 0 aromatic carbocycles. The van der Waals surface area contributed by atoms with Crippen molar-refractivity contribution in [2.45, 2.75) is 0 Å². The molecule has 0 aromatic rings. The number of nitrogens with zero attached hydrogens (tertiary/aromatic N) is 1. The van der Waals surface area contributed by atoms with Crippen LogP contribution in [0.2, 0.25) is 0 Å². The van der Waals surface area contributed by atoms with Gasteiger partial charge in [-0.05, 0) is 0 Å². The Labute approximate surface area is 56.7 Å². The van der Waals surface area contributed by atoms with Gasteiger partial charge in [-0.2, -0.15) is 0 Å². The minimum Gasteiger partial charge on any atom is -0.402 e. The number of Topliss-reactive ketones (excluding diaryl/α,β-unsaturated/α-hetero) is 1. The van der Waals surface area contributed by atoms with Crippen LogP contribution in [0.4, 0.5) is 0 Å². The van der Waals surface area contributed by atoms with E-state index in [1.807, 2.05) is 0 Å². The highest BCUT2D eigenvalue weighted by Crippen LogP contribution is 2.24. The molecule has 0 aromatic heterocycles. The Morgan fingerprint density at radius 1 is 1.78 bits per heavy atom. The lowest BCUT2D eigenvalue weighted by Gasteiger charge is -1.84. The molecule has 9 heavy (non-hydrogen) atoms. The van der Waals surface area contributed by atoms with Gasteiger partial charge in [-0.1, -0.05) is 0 Å². The molecule has 0 aliphatic carbocycles. The second-order valence-corrected chi connectivity index (χ2v) is 2.55. The van der Waals surface area contributed by atoms with Gasteiger partial charge in [-0.15, -0.1) is 11.8 Å². The maximum absolute atomic E-state index is 10.6. The summed E-state index contributed by atoms with van der Waals surface area (Å²) < 4.78 is 0. The predicted molar refractivity (Wildman–Crippen MR) is 35.3 cm³/mol. The predicted octanol–water partition coefficient (Wildman–Crippen LogP) is 0.349. The van der Waals surface area contributed by atoms with E-state index in [4.69, 9.17) is 12.3 Å². The van der Waals surface area contributed by atoms with Crippen molar-refractivity contribution in [2.24, 2.45) is 5.73 Å². The average molecular weight is 140 g/mol. The summed E-state index contributed by atoms with van der Waals surface area (Å²) in [6, 6.07) is 0. The van der Waals surface area contributed by atoms with Crippen molar-refractivity contribution in [1.82, 2.24) is 0 Å². The number of nitrogens with two attached hydrogens (primary N) is 1. The molecule has 3 nitrogen and oxygen atoms in total. The van der Waals surface area contributed by atoms with Crippen LogP contribution in [0, 0.1) is 6.57 Å². The summed E-state index contributed by atoms with van der Waals surface area (Å²) in [6.07, 6.45) is 0. The fraction of sp³-hybridized carbons (Fsp3) is 0.200. The Kier molecular flexibility index (Phi) is 1.45. The number of rotatable bonds is 0. The Morgan fingerprint density at radius 2 is 2.44 bits per heavy atom. The first-order valence-electron chi connectivity index (χ1n) is 2.29. The second-order valence-electron chi connectivity index (χ2n) is 1.54. The van der Waals surface area contributed by atoms with Crippen LogP contribution < -0.4 is 5.73 Å². The molecule has 1 aliphatic rings. The van der Waals surface area contributed by atoms with Gasteiger partial charge in [0.1, 0.15) is 0 Å². The number of carbonyl (C=O) groups excluding carboxylic acids is 1. The first-order valence-corrected chi connectivity index (χ1v) is 3.27. The zero-order valence-corrected chi connectivity index (χ0v) is 5.36. The first-order chi connectivity index (χ1) is 4.25. The molecule has 0 amide bonds. The van der Waals surface area contributed by atoms with Crippen LogP contribution >= 0.6 is 11.8 Å². The minimum atomic E-state index is -0.146. The molecule has 0 atom stereocenters. The van der Waals surface area contributed by atoms with Crippen LogP contribution in [0.15, 0.2) is 10.7 Å². The molecule has 0 saturated heterocycles. The maximum atomic E-state index is 10.6. The molecule has 2 N–H and O–H groups in total. The average Bonchev–Trinajstić information content (AvgIpc) is 2.12. The third-order valence-corrected chi connectivity index (χ3v) is 1.88. The highest BCUT2D eigenvalue weighted by molar-refractivity contribution is 8.04. The van der Waals surface area contributed by atoms with Crippen LogP contribution in [0.5, 0.6) is 0 Å². The molecule has 0 saturated carbocycles. The van der Waals surface area contributed by atoms with E-state index in [2.05, 4.69) is 4.85 Å². The topological polar surface area (TPSA) is 47.5 Å². The molecule has 0 radical (unpaired) electrons. The van der Waals surface area contributed by atoms with E-state index in [1.54, 1.807) is 0 Å². The summed E-state index contributed by atoms with van der Waals surface area (Å²) in [4.78, 5) is 13.6. The van der Waals surface area contributed by atoms with E-state index < -0.39 is 0 Å². The number of hydrogen-bond acceptors (Lipinski definition) is 3. The Bertz CT molecular complexity index is 226. The Hall–Kier alpha value is -0.950. The lowest BCUT2D eigenvalue weighted by Crippen LogP contribution is -1.97. The van der Waals surface area contributed by atoms with Crippen molar-refractivity contribution in [3.63, 3.8) is 0 Å². The van der Waals surface area contributed by atoms with Gasteiger partial charge in [0.25, 0.3) is 5.70 Å². The van der Waals surface area contributed by atoms with Gasteiger partial charge in [-0.25, -0.2) is 4.85 Å². The van der Waals surface area contributed by atoms with Crippen molar-refractivity contribution >= 4 is 17.5 Å². The molecule has 0 spiro atoms. The van der Waals surface area contributed by atoms with Gasteiger partial charge in [0.15, 0.2) is 5.78 Å². The highest BCUT2D eigenvalue weighted by Gasteiger charge is 2.21. The molecule has 0 bridgehead atoms. The van der Waals surface area contributed by atoms with Crippen LogP contribution in [0.3, 0.4) is 0 Å². The van der Waals surface area contributed by atoms with Gasteiger partial charge < -0.3 is 10.5 Å². The van der Waals surface area contributed by atoms with Crippen LogP contribution in [-0.4, -0.2) is 11.5 Å². The third kappa shape index (κ3) is 0.911. The molecule has 46 valence electrons. The van der Waals surface area contributed by atoms with Crippen molar-refractivity contribution in [3.8, 4) is 0 Å². The Morgan fingerprint density at radius 3 is 2.67 bits per heavy atom. The van der Waals surface area contributed by atoms with Crippen molar-refractivity contribution in [2.75, 3.05) is 5.75 Å². The highest BCUT2D eigenvalue weighted by atomic mass is 32.2. The SMILES string of the molecule is [C-]#[N+]C1=C(N)SCC1=O. The van der Waals surface area contributed by atoms with E-state index in [1.165, 1.54) is 11.8 Å². The third-order valence-electron chi connectivity index (χ3n) is 0.968. The first kappa shape index (κ1) is 6.17. The lowest BCUT2D eigenvalue weighted by atomic mass is 10.3. The molecule has 4 heteroatoms. The molecule has 0 unspecified atom stereocenters. The van der Waals surface area contributed by atoms with Gasteiger partial charge in [0, 0.05) is 0 Å². The Balaban J connectivity index is 2.99. The number of thioether (sulfide) groups is 1. The number of ketones is 1. The molecule has 1 aliphatic heterocycles. The van der Waals surface area contributed by atoms with E-state index >= 15 is 0 Å². The smallest absolute Gasteiger partial charge is 0.258 e. The summed E-state index contributed by atoms with van der Waals surface area (Å²) in [5, 5.41) is 0.370. The monoisotopic (exact) mass is 140 g/mol. The normalized spacial score (nSPS) is 18.3. The fourth-order valence-electron chi connectivity index (χ4n) is 0.535. The van der Waals surface area contributed by atoms with Crippen LogP contribution in [0.25, 0.3) is 4.85 Å². The summed E-state index contributed by atoms with van der Waals surface area (Å²) in [7, 11) is 0. The van der Waals surface area contributed by atoms with Gasteiger partial charge in [0.05, 0.1) is 17.4 Å². The summed E-state index contributed by atoms with van der Waals surface area (Å²) in [6.45, 7) is 6.51. The van der Waals surface area contributed by atoms with Crippen molar-refractivity contribution in [3.05, 3.63) is 22.1 Å². The summed E-state index contributed by atoms with van der Waals surface area (Å²) in [5.74, 6) is 0.191. The van der Waals surface area contributed by atoms with Crippen molar-refractivity contribution < 1.29 is 4.79 Å². The zero-order chi connectivity index (χ0) is 6.85. The minimum absolute atomic E-state index is 0.111. The quantitative estimate of drug-likeness (QED) is 0.494. The van der Waals surface area contributed by atoms with Crippen LogP contribution in [-0.2, 0) is 4.79 Å². The number of hydrogen-bond donors (Lipinski definition) is 1. The molecular formula is C5H4N2OS. The van der Waals surface area contributed by atoms with Crippen molar-refractivity contribution in [1.29, 1.82) is 0 Å². The summed E-state index contributed by atoms with van der Waals surface area (Å²) >= 11 is 1.23. The molecular weight excluding hydrogens is 136 g/mol. The number of allylic oxidation sites excluding steroid dienone is 1. The maximum Gasteiger partial charge on any atom is 0.258 e. The van der Waals surface area contributed by atoms with E-state index in [0.29, 0.717) is 10.8 Å².